The lowest BCUT2D eigenvalue weighted by molar-refractivity contribution is -0.187. The Bertz CT molecular complexity index is 1050. The van der Waals surface area contributed by atoms with Crippen LogP contribution in [-0.2, 0) is 27.3 Å². The summed E-state index contributed by atoms with van der Waals surface area (Å²) in [7, 11) is 3.24. The molecule has 9 nitrogen and oxygen atoms in total. The SMILES string of the molecule is COCCN1C[C@H]2N(C(=O)CN(C)N2C(=O)NCc2ccc(F)cc2)[C@@H](Cc2ccccc2)C1=O. The van der Waals surface area contributed by atoms with E-state index in [1.165, 1.54) is 17.1 Å². The molecule has 2 saturated heterocycles. The number of urea groups is 1. The van der Waals surface area contributed by atoms with Gasteiger partial charge in [-0.05, 0) is 23.3 Å². The maximum atomic E-state index is 13.4. The van der Waals surface area contributed by atoms with Gasteiger partial charge in [0.15, 0.2) is 0 Å². The highest BCUT2D eigenvalue weighted by Gasteiger charge is 2.50. The Balaban J connectivity index is 1.59. The molecule has 10 heteroatoms. The first kappa shape index (κ1) is 24.6. The van der Waals surface area contributed by atoms with E-state index >= 15 is 0 Å². The average molecular weight is 484 g/mol. The molecule has 0 unspecified atom stereocenters. The second-order valence-corrected chi connectivity index (χ2v) is 8.71. The summed E-state index contributed by atoms with van der Waals surface area (Å²) in [5, 5.41) is 5.93. The normalized spacial score (nSPS) is 20.7. The number of rotatable bonds is 7. The number of ether oxygens (including phenoxy) is 1. The number of benzene rings is 2. The number of nitrogens with zero attached hydrogens (tertiary/aromatic N) is 4. The third kappa shape index (κ3) is 5.44. The van der Waals surface area contributed by atoms with Crippen LogP contribution in [0, 0.1) is 5.82 Å². The van der Waals surface area contributed by atoms with Crippen LogP contribution in [0.2, 0.25) is 0 Å². The molecule has 2 aromatic rings. The number of hydrazine groups is 1. The van der Waals surface area contributed by atoms with E-state index in [1.54, 1.807) is 41.1 Å². The van der Waals surface area contributed by atoms with Gasteiger partial charge < -0.3 is 19.9 Å². The molecule has 2 aromatic carbocycles. The fourth-order valence-corrected chi connectivity index (χ4v) is 4.61. The second kappa shape index (κ2) is 10.8. The lowest BCUT2D eigenvalue weighted by Crippen LogP contribution is -2.76. The number of likely N-dealkylation sites (N-methyl/N-ethyl adjacent to an activating group) is 1. The Hall–Kier alpha value is -3.50. The first-order valence-corrected chi connectivity index (χ1v) is 11.5. The van der Waals surface area contributed by atoms with Gasteiger partial charge in [-0.2, -0.15) is 0 Å². The van der Waals surface area contributed by atoms with Gasteiger partial charge in [0.05, 0.1) is 19.7 Å². The van der Waals surface area contributed by atoms with E-state index in [9.17, 15) is 18.8 Å². The van der Waals surface area contributed by atoms with Gasteiger partial charge in [0.1, 0.15) is 18.0 Å². The van der Waals surface area contributed by atoms with Gasteiger partial charge in [-0.1, -0.05) is 42.5 Å². The largest absolute Gasteiger partial charge is 0.383 e. The number of methoxy groups -OCH3 is 1. The summed E-state index contributed by atoms with van der Waals surface area (Å²) in [6, 6.07) is 14.3. The van der Waals surface area contributed by atoms with E-state index < -0.39 is 18.2 Å². The molecule has 0 spiro atoms. The van der Waals surface area contributed by atoms with Crippen molar-refractivity contribution in [2.45, 2.75) is 25.2 Å². The zero-order chi connectivity index (χ0) is 24.9. The van der Waals surface area contributed by atoms with Gasteiger partial charge in [0, 0.05) is 33.7 Å². The number of piperazine rings is 1. The van der Waals surface area contributed by atoms with Crippen molar-refractivity contribution in [1.29, 1.82) is 0 Å². The molecule has 4 amide bonds. The van der Waals surface area contributed by atoms with E-state index in [4.69, 9.17) is 4.74 Å². The summed E-state index contributed by atoms with van der Waals surface area (Å²) in [6.45, 7) is 1.04. The van der Waals surface area contributed by atoms with Crippen molar-refractivity contribution >= 4 is 17.8 Å². The van der Waals surface area contributed by atoms with Crippen LogP contribution in [-0.4, -0.2) is 90.3 Å². The lowest BCUT2D eigenvalue weighted by atomic mass is 9.99. The van der Waals surface area contributed by atoms with Crippen LogP contribution in [0.4, 0.5) is 9.18 Å². The Morgan fingerprint density at radius 2 is 1.80 bits per heavy atom. The Kier molecular flexibility index (Phi) is 7.62. The minimum atomic E-state index is -0.735. The van der Waals surface area contributed by atoms with Crippen molar-refractivity contribution in [2.24, 2.45) is 0 Å². The van der Waals surface area contributed by atoms with Crippen molar-refractivity contribution in [1.82, 2.24) is 25.1 Å². The predicted molar refractivity (Wildman–Crippen MR) is 126 cm³/mol. The van der Waals surface area contributed by atoms with Crippen LogP contribution >= 0.6 is 0 Å². The van der Waals surface area contributed by atoms with Gasteiger partial charge in [0.25, 0.3) is 0 Å². The molecule has 35 heavy (non-hydrogen) atoms. The van der Waals surface area contributed by atoms with Crippen LogP contribution in [0.15, 0.2) is 54.6 Å². The maximum Gasteiger partial charge on any atom is 0.334 e. The van der Waals surface area contributed by atoms with E-state index in [-0.39, 0.29) is 37.3 Å². The molecule has 0 bridgehead atoms. The predicted octanol–water partition coefficient (Wildman–Crippen LogP) is 1.45. The smallest absolute Gasteiger partial charge is 0.334 e. The molecule has 4 rings (SSSR count). The average Bonchev–Trinajstić information content (AvgIpc) is 2.85. The zero-order valence-corrected chi connectivity index (χ0v) is 19.9. The van der Waals surface area contributed by atoms with Gasteiger partial charge in [-0.25, -0.2) is 19.2 Å². The summed E-state index contributed by atoms with van der Waals surface area (Å²) >= 11 is 0. The molecule has 1 N–H and O–H groups in total. The molecule has 2 aliphatic rings. The van der Waals surface area contributed by atoms with Crippen LogP contribution in [0.3, 0.4) is 0 Å². The highest BCUT2D eigenvalue weighted by atomic mass is 19.1. The van der Waals surface area contributed by atoms with Crippen molar-refractivity contribution in [2.75, 3.05) is 40.4 Å². The fourth-order valence-electron chi connectivity index (χ4n) is 4.61. The summed E-state index contributed by atoms with van der Waals surface area (Å²) < 4.78 is 18.4. The van der Waals surface area contributed by atoms with Gasteiger partial charge in [-0.15, -0.1) is 0 Å². The van der Waals surface area contributed by atoms with Gasteiger partial charge >= 0.3 is 6.03 Å². The molecule has 2 fully saturated rings. The molecule has 186 valence electrons. The Morgan fingerprint density at radius 3 is 2.49 bits per heavy atom. The van der Waals surface area contributed by atoms with Crippen molar-refractivity contribution in [3.05, 3.63) is 71.5 Å². The summed E-state index contributed by atoms with van der Waals surface area (Å²) in [5.74, 6) is -0.718. The molecule has 0 radical (unpaired) electrons. The van der Waals surface area contributed by atoms with Gasteiger partial charge in [0.2, 0.25) is 11.8 Å². The number of fused-ring (bicyclic) bond motifs is 1. The van der Waals surface area contributed by atoms with Gasteiger partial charge in [-0.3, -0.25) is 9.59 Å². The second-order valence-electron chi connectivity index (χ2n) is 8.71. The number of carbonyl (C=O) groups excluding carboxylic acids is 3. The lowest BCUT2D eigenvalue weighted by Gasteiger charge is -2.54. The molecule has 2 atom stereocenters. The summed E-state index contributed by atoms with van der Waals surface area (Å²) in [6.07, 6.45) is -0.321. The van der Waals surface area contributed by atoms with Crippen molar-refractivity contribution in [3.63, 3.8) is 0 Å². The summed E-state index contributed by atoms with van der Waals surface area (Å²) in [4.78, 5) is 43.1. The third-order valence-electron chi connectivity index (χ3n) is 6.34. The number of carbonyl (C=O) groups is 3. The molecule has 2 heterocycles. The van der Waals surface area contributed by atoms with Crippen molar-refractivity contribution < 1.29 is 23.5 Å². The van der Waals surface area contributed by atoms with Crippen LogP contribution in [0.25, 0.3) is 0 Å². The summed E-state index contributed by atoms with van der Waals surface area (Å²) in [5.41, 5.74) is 1.67. The number of halogens is 1. The maximum absolute atomic E-state index is 13.4. The molecule has 2 aliphatic heterocycles. The minimum absolute atomic E-state index is 0.0306. The monoisotopic (exact) mass is 483 g/mol. The van der Waals surface area contributed by atoms with Crippen molar-refractivity contribution in [3.8, 4) is 0 Å². The van der Waals surface area contributed by atoms with Crippen LogP contribution in [0.5, 0.6) is 0 Å². The fraction of sp³-hybridized carbons (Fsp3) is 0.400. The third-order valence-corrected chi connectivity index (χ3v) is 6.34. The highest BCUT2D eigenvalue weighted by Crippen LogP contribution is 2.27. The van der Waals surface area contributed by atoms with E-state index in [2.05, 4.69) is 5.32 Å². The molecular formula is C25H30FN5O4. The van der Waals surface area contributed by atoms with E-state index in [0.29, 0.717) is 19.6 Å². The Morgan fingerprint density at radius 1 is 1.09 bits per heavy atom. The topological polar surface area (TPSA) is 85.4 Å². The first-order valence-electron chi connectivity index (χ1n) is 11.5. The number of hydrogen-bond acceptors (Lipinski definition) is 5. The zero-order valence-electron chi connectivity index (χ0n) is 19.9. The molecule has 0 aliphatic carbocycles. The molecular weight excluding hydrogens is 453 g/mol. The number of hydrogen-bond donors (Lipinski definition) is 1. The Labute approximate surface area is 204 Å². The quantitative estimate of drug-likeness (QED) is 0.645. The van der Waals surface area contributed by atoms with E-state index in [1.807, 2.05) is 30.3 Å². The standard InChI is InChI=1S/C25H30FN5O4/c1-28-17-23(32)30-21(14-18-6-4-3-5-7-18)24(33)29(12-13-35-2)16-22(30)31(28)25(34)27-15-19-8-10-20(26)11-9-19/h3-11,21-22H,12-17H2,1-2H3,(H,27,34)/t21-,22-/m0/s1. The van der Waals surface area contributed by atoms with E-state index in [0.717, 1.165) is 11.1 Å². The minimum Gasteiger partial charge on any atom is -0.383 e. The molecule has 0 aromatic heterocycles. The van der Waals surface area contributed by atoms with Crippen LogP contribution < -0.4 is 5.32 Å². The number of amides is 4. The van der Waals surface area contributed by atoms with Crippen LogP contribution in [0.1, 0.15) is 11.1 Å². The first-order chi connectivity index (χ1) is 16.9. The number of nitrogens with one attached hydrogen (secondary N) is 1. The molecule has 0 saturated carbocycles. The highest BCUT2D eigenvalue weighted by molar-refractivity contribution is 5.91.